The zero-order valence-corrected chi connectivity index (χ0v) is 24.3. The van der Waals surface area contributed by atoms with E-state index in [9.17, 15) is 26.6 Å². The van der Waals surface area contributed by atoms with E-state index in [1.807, 2.05) is 39.5 Å². The predicted molar refractivity (Wildman–Crippen MR) is 145 cm³/mol. The molecule has 5 rings (SSSR count). The Morgan fingerprint density at radius 2 is 1.88 bits per heavy atom. The predicted octanol–water partition coefficient (Wildman–Crippen LogP) is 3.51. The minimum Gasteiger partial charge on any atom is -0.352 e. The molecule has 2 fully saturated rings. The third kappa shape index (κ3) is 5.11. The van der Waals surface area contributed by atoms with E-state index in [4.69, 9.17) is 5.26 Å². The molecule has 1 amide bonds. The minimum atomic E-state index is -4.79. The Morgan fingerprint density at radius 1 is 1.20 bits per heavy atom. The van der Waals surface area contributed by atoms with Crippen LogP contribution in [-0.4, -0.2) is 84.6 Å². The quantitative estimate of drug-likeness (QED) is 0.489. The molecule has 0 aliphatic carbocycles. The van der Waals surface area contributed by atoms with Gasteiger partial charge in [-0.2, -0.15) is 18.4 Å². The van der Waals surface area contributed by atoms with Gasteiger partial charge < -0.3 is 14.7 Å². The Bertz CT molecular complexity index is 1390. The van der Waals surface area contributed by atoms with Crippen LogP contribution in [-0.2, 0) is 27.2 Å². The van der Waals surface area contributed by atoms with E-state index >= 15 is 0 Å². The molecule has 15 heteroatoms. The molecule has 3 aliphatic heterocycles. The van der Waals surface area contributed by atoms with Gasteiger partial charge in [-0.25, -0.2) is 14.4 Å². The molecule has 3 atom stereocenters. The first-order valence-electron chi connectivity index (χ1n) is 13.3. The lowest BCUT2D eigenvalue weighted by Crippen LogP contribution is -2.65. The number of carbonyl (C=O) groups excluding carboxylic acids is 1. The number of anilines is 3. The summed E-state index contributed by atoms with van der Waals surface area (Å²) in [7, 11) is -1.53. The number of halogens is 4. The lowest BCUT2D eigenvalue weighted by atomic mass is 9.87. The van der Waals surface area contributed by atoms with Gasteiger partial charge in [-0.15, -0.1) is 10.2 Å². The van der Waals surface area contributed by atoms with E-state index < -0.39 is 51.0 Å². The van der Waals surface area contributed by atoms with Crippen LogP contribution in [0.5, 0.6) is 0 Å². The smallest absolute Gasteiger partial charge is 0.352 e. The first-order valence-corrected chi connectivity index (χ1v) is 14.6. The number of alkyl halides is 4. The second-order valence-electron chi connectivity index (χ2n) is 10.7. The van der Waals surface area contributed by atoms with E-state index in [1.54, 1.807) is 4.90 Å². The van der Waals surface area contributed by atoms with Crippen molar-refractivity contribution in [1.82, 2.24) is 25.1 Å². The van der Waals surface area contributed by atoms with Gasteiger partial charge in [0.05, 0.1) is 5.56 Å². The molecule has 222 valence electrons. The Kier molecular flexibility index (Phi) is 8.28. The molecule has 0 saturated carbocycles. The fraction of sp³-hybridized carbons (Fsp3) is 0.615. The van der Waals surface area contributed by atoms with Gasteiger partial charge in [-0.1, -0.05) is 27.7 Å². The summed E-state index contributed by atoms with van der Waals surface area (Å²) in [5, 5.41) is 16.5. The number of aromatic nitrogens is 4. The Balaban J connectivity index is 0.00000189. The fourth-order valence-electron chi connectivity index (χ4n) is 5.50. The first kappa shape index (κ1) is 30.5. The molecule has 41 heavy (non-hydrogen) atoms. The summed E-state index contributed by atoms with van der Waals surface area (Å²) in [4.78, 5) is 27.1. The number of fused-ring (bicyclic) bond motifs is 1. The summed E-state index contributed by atoms with van der Waals surface area (Å²) < 4.78 is 65.3. The second-order valence-corrected chi connectivity index (χ2v) is 12.5. The molecule has 0 N–H and O–H groups in total. The van der Waals surface area contributed by atoms with Crippen LogP contribution in [0, 0.1) is 11.3 Å². The maximum atomic E-state index is 13.8. The van der Waals surface area contributed by atoms with Gasteiger partial charge in [0.15, 0.2) is 16.3 Å². The van der Waals surface area contributed by atoms with Crippen molar-refractivity contribution in [3.05, 3.63) is 29.2 Å². The zero-order chi connectivity index (χ0) is 30.3. The molecule has 3 aliphatic rings. The number of nitrogens with zero attached hydrogens (tertiary/aromatic N) is 8. The van der Waals surface area contributed by atoms with Crippen molar-refractivity contribution in [1.29, 1.82) is 5.26 Å². The van der Waals surface area contributed by atoms with Crippen LogP contribution in [0.3, 0.4) is 0 Å². The van der Waals surface area contributed by atoms with Gasteiger partial charge in [-0.05, 0) is 19.4 Å². The first-order chi connectivity index (χ1) is 19.3. The topological polar surface area (TPSA) is 119 Å². The van der Waals surface area contributed by atoms with Crippen LogP contribution in [0.15, 0.2) is 12.4 Å². The van der Waals surface area contributed by atoms with Gasteiger partial charge in [0.2, 0.25) is 5.91 Å². The number of amides is 1. The Hall–Kier alpha value is -3.41. The highest BCUT2D eigenvalue weighted by atomic mass is 32.2. The van der Waals surface area contributed by atoms with E-state index in [0.29, 0.717) is 36.0 Å². The SMILES string of the molecule is CC.CC1CN(c2ncnc3c2C(C)(C)CN3c2cc(C(F)(F)F)c(C#N)nn2)CCN1C(=O)[C@]1(CF)CCS1=O. The molecule has 5 heterocycles. The highest BCUT2D eigenvalue weighted by Crippen LogP contribution is 2.47. The maximum absolute atomic E-state index is 13.8. The summed E-state index contributed by atoms with van der Waals surface area (Å²) in [5.74, 6) is 0.755. The summed E-state index contributed by atoms with van der Waals surface area (Å²) in [5.41, 5.74) is -1.88. The summed E-state index contributed by atoms with van der Waals surface area (Å²) in [6, 6.07) is 1.92. The molecular formula is C26H32F4N8O2S. The minimum absolute atomic E-state index is 0.0911. The van der Waals surface area contributed by atoms with Crippen LogP contribution in [0.1, 0.15) is 57.9 Å². The van der Waals surface area contributed by atoms with Crippen LogP contribution in [0.4, 0.5) is 35.0 Å². The number of hydrogen-bond acceptors (Lipinski definition) is 9. The monoisotopic (exact) mass is 596 g/mol. The number of carbonyl (C=O) groups is 1. The van der Waals surface area contributed by atoms with Crippen molar-refractivity contribution >= 4 is 34.2 Å². The van der Waals surface area contributed by atoms with Crippen molar-refractivity contribution in [3.8, 4) is 6.07 Å². The van der Waals surface area contributed by atoms with E-state index in [-0.39, 0.29) is 31.4 Å². The molecule has 2 aromatic rings. The van der Waals surface area contributed by atoms with Crippen LogP contribution < -0.4 is 9.80 Å². The molecule has 2 saturated heterocycles. The molecule has 0 bridgehead atoms. The standard InChI is InChI=1S/C24H26F4N8O2S.C2H6/c1-14-10-34(5-6-35(14)21(37)23(11-25)4-7-39(23)38)19-18-20(31-13-30-19)36(12-22(18,2)3)17-8-15(24(26,27)28)16(9-29)32-33-17;1-2/h8,13-14H,4-7,10-12H2,1-3H3;1-2H3/t14?,23-,39?;/m1./s1. The number of hydrogen-bond donors (Lipinski definition) is 0. The van der Waals surface area contributed by atoms with Crippen molar-refractivity contribution < 1.29 is 26.6 Å². The van der Waals surface area contributed by atoms with Gasteiger partial charge >= 0.3 is 6.18 Å². The van der Waals surface area contributed by atoms with Crippen molar-refractivity contribution in [2.24, 2.45) is 0 Å². The van der Waals surface area contributed by atoms with Gasteiger partial charge in [0.25, 0.3) is 0 Å². The third-order valence-corrected chi connectivity index (χ3v) is 9.62. The average molecular weight is 597 g/mol. The average Bonchev–Trinajstić information content (AvgIpc) is 3.23. The maximum Gasteiger partial charge on any atom is 0.419 e. The fourth-order valence-corrected chi connectivity index (χ4v) is 6.80. The van der Waals surface area contributed by atoms with E-state index in [2.05, 4.69) is 20.2 Å². The van der Waals surface area contributed by atoms with Crippen LogP contribution >= 0.6 is 0 Å². The largest absolute Gasteiger partial charge is 0.419 e. The summed E-state index contributed by atoms with van der Waals surface area (Å²) in [6.07, 6.45) is -3.20. The van der Waals surface area contributed by atoms with Gasteiger partial charge in [0.1, 0.15) is 30.7 Å². The normalized spacial score (nSPS) is 25.0. The van der Waals surface area contributed by atoms with Crippen molar-refractivity contribution in [2.75, 3.05) is 48.4 Å². The van der Waals surface area contributed by atoms with Crippen LogP contribution in [0.2, 0.25) is 0 Å². The highest BCUT2D eigenvalue weighted by molar-refractivity contribution is 7.88. The molecule has 0 spiro atoms. The number of rotatable bonds is 4. The lowest BCUT2D eigenvalue weighted by molar-refractivity contribution is -0.138. The summed E-state index contributed by atoms with van der Waals surface area (Å²) >= 11 is 0. The van der Waals surface area contributed by atoms with Gasteiger partial charge in [0, 0.05) is 59.8 Å². The summed E-state index contributed by atoms with van der Waals surface area (Å²) in [6.45, 7) is 9.98. The highest BCUT2D eigenvalue weighted by Gasteiger charge is 2.54. The molecular weight excluding hydrogens is 564 g/mol. The zero-order valence-electron chi connectivity index (χ0n) is 23.5. The molecule has 2 unspecified atom stereocenters. The third-order valence-electron chi connectivity index (χ3n) is 7.68. The molecule has 2 aromatic heterocycles. The second kappa shape index (κ2) is 11.1. The lowest BCUT2D eigenvalue weighted by Gasteiger charge is -2.46. The van der Waals surface area contributed by atoms with Crippen molar-refractivity contribution in [2.45, 2.75) is 63.4 Å². The molecule has 0 aromatic carbocycles. The number of piperazine rings is 1. The van der Waals surface area contributed by atoms with Crippen LogP contribution in [0.25, 0.3) is 0 Å². The van der Waals surface area contributed by atoms with Crippen molar-refractivity contribution in [3.63, 3.8) is 0 Å². The molecule has 10 nitrogen and oxygen atoms in total. The van der Waals surface area contributed by atoms with E-state index in [0.717, 1.165) is 6.07 Å². The Labute approximate surface area is 238 Å². The Morgan fingerprint density at radius 3 is 2.41 bits per heavy atom. The number of nitriles is 1. The van der Waals surface area contributed by atoms with Gasteiger partial charge in [-0.3, -0.25) is 9.00 Å². The van der Waals surface area contributed by atoms with E-state index in [1.165, 1.54) is 17.3 Å². The molecule has 0 radical (unpaired) electrons.